The molecule has 0 radical (unpaired) electrons. The van der Waals surface area contributed by atoms with Crippen molar-refractivity contribution in [1.82, 2.24) is 4.98 Å². The van der Waals surface area contributed by atoms with E-state index in [1.54, 1.807) is 6.07 Å². The van der Waals surface area contributed by atoms with Crippen LogP contribution in [-0.4, -0.2) is 16.7 Å². The van der Waals surface area contributed by atoms with Gasteiger partial charge in [-0.15, -0.1) is 0 Å². The maximum Gasteiger partial charge on any atom is 0.413 e. The Kier molecular flexibility index (Phi) is 3.05. The second-order valence-electron chi connectivity index (χ2n) is 5.35. The van der Waals surface area contributed by atoms with Crippen LogP contribution in [0.5, 0.6) is 0 Å². The highest BCUT2D eigenvalue weighted by atomic mass is 16.6. The number of pyridine rings is 1. The van der Waals surface area contributed by atoms with E-state index in [1.165, 1.54) is 12.8 Å². The Morgan fingerprint density at radius 2 is 2.12 bits per heavy atom. The highest BCUT2D eigenvalue weighted by molar-refractivity contribution is 5.83. The Morgan fingerprint density at radius 1 is 1.41 bits per heavy atom. The van der Waals surface area contributed by atoms with Crippen molar-refractivity contribution in [3.8, 4) is 0 Å². The van der Waals surface area contributed by atoms with Crippen LogP contribution >= 0.6 is 0 Å². The quantitative estimate of drug-likeness (QED) is 0.854. The largest absolute Gasteiger partial charge is 0.444 e. The molecule has 2 rings (SSSR count). The van der Waals surface area contributed by atoms with Gasteiger partial charge in [0.15, 0.2) is 0 Å². The Balaban J connectivity index is 1.98. The zero-order valence-corrected chi connectivity index (χ0v) is 10.5. The molecule has 1 saturated carbocycles. The van der Waals surface area contributed by atoms with Crippen molar-refractivity contribution in [3.63, 3.8) is 0 Å². The number of carbonyl (C=O) groups is 1. The van der Waals surface area contributed by atoms with Crippen LogP contribution in [0.15, 0.2) is 18.2 Å². The molecule has 1 fully saturated rings. The van der Waals surface area contributed by atoms with Crippen molar-refractivity contribution < 1.29 is 9.53 Å². The first-order chi connectivity index (χ1) is 7.94. The van der Waals surface area contributed by atoms with E-state index < -0.39 is 11.7 Å². The van der Waals surface area contributed by atoms with Crippen molar-refractivity contribution in [3.05, 3.63) is 23.9 Å². The smallest absolute Gasteiger partial charge is 0.413 e. The van der Waals surface area contributed by atoms with Gasteiger partial charge in [0.1, 0.15) is 11.4 Å². The fourth-order valence-corrected chi connectivity index (χ4v) is 1.54. The highest BCUT2D eigenvalue weighted by Gasteiger charge is 2.25. The van der Waals surface area contributed by atoms with E-state index in [0.717, 1.165) is 5.69 Å². The van der Waals surface area contributed by atoms with E-state index in [9.17, 15) is 4.79 Å². The van der Waals surface area contributed by atoms with Crippen LogP contribution in [-0.2, 0) is 4.74 Å². The maximum atomic E-state index is 11.6. The van der Waals surface area contributed by atoms with Crippen LogP contribution < -0.4 is 5.32 Å². The summed E-state index contributed by atoms with van der Waals surface area (Å²) in [5, 5.41) is 2.65. The minimum Gasteiger partial charge on any atom is -0.444 e. The van der Waals surface area contributed by atoms with Gasteiger partial charge in [0.25, 0.3) is 0 Å². The molecule has 17 heavy (non-hydrogen) atoms. The molecule has 0 saturated heterocycles. The first kappa shape index (κ1) is 11.9. The molecular weight excluding hydrogens is 216 g/mol. The van der Waals surface area contributed by atoms with E-state index in [1.807, 2.05) is 32.9 Å². The molecule has 1 heterocycles. The molecule has 1 aromatic heterocycles. The van der Waals surface area contributed by atoms with Gasteiger partial charge in [-0.3, -0.25) is 5.32 Å². The van der Waals surface area contributed by atoms with Gasteiger partial charge < -0.3 is 4.74 Å². The summed E-state index contributed by atoms with van der Waals surface area (Å²) >= 11 is 0. The lowest BCUT2D eigenvalue weighted by atomic mass is 10.2. The molecule has 1 aromatic rings. The molecule has 0 atom stereocenters. The van der Waals surface area contributed by atoms with E-state index in [0.29, 0.717) is 11.7 Å². The highest BCUT2D eigenvalue weighted by Crippen LogP contribution is 2.39. The second-order valence-corrected chi connectivity index (χ2v) is 5.35. The van der Waals surface area contributed by atoms with E-state index in [2.05, 4.69) is 10.3 Å². The van der Waals surface area contributed by atoms with Crippen LogP contribution in [0.25, 0.3) is 0 Å². The third-order valence-corrected chi connectivity index (χ3v) is 2.40. The molecular formula is C13H18N2O2. The zero-order valence-electron chi connectivity index (χ0n) is 10.5. The number of aromatic nitrogens is 1. The van der Waals surface area contributed by atoms with Crippen molar-refractivity contribution >= 4 is 11.9 Å². The molecule has 4 heteroatoms. The van der Waals surface area contributed by atoms with Crippen molar-refractivity contribution in [1.29, 1.82) is 0 Å². The molecule has 1 aliphatic rings. The molecule has 0 aromatic carbocycles. The summed E-state index contributed by atoms with van der Waals surface area (Å²) in [4.78, 5) is 15.9. The Morgan fingerprint density at radius 3 is 2.71 bits per heavy atom. The first-order valence-corrected chi connectivity index (χ1v) is 5.91. The third-order valence-electron chi connectivity index (χ3n) is 2.40. The molecule has 0 bridgehead atoms. The predicted octanol–water partition coefficient (Wildman–Crippen LogP) is 3.31. The Bertz CT molecular complexity index is 420. The van der Waals surface area contributed by atoms with Crippen LogP contribution in [0.3, 0.4) is 0 Å². The Hall–Kier alpha value is -1.58. The topological polar surface area (TPSA) is 51.2 Å². The summed E-state index contributed by atoms with van der Waals surface area (Å²) in [7, 11) is 0. The van der Waals surface area contributed by atoms with E-state index in [-0.39, 0.29) is 0 Å². The van der Waals surface area contributed by atoms with Gasteiger partial charge in [-0.1, -0.05) is 6.07 Å². The fourth-order valence-electron chi connectivity index (χ4n) is 1.54. The standard InChI is InChI=1S/C13H18N2O2/c1-13(2,3)17-12(16)15-11-6-4-5-10(14-11)9-7-8-9/h4-6,9H,7-8H2,1-3H3,(H,14,15,16). The van der Waals surface area contributed by atoms with Gasteiger partial charge in [-0.05, 0) is 45.7 Å². The van der Waals surface area contributed by atoms with Crippen molar-refractivity contribution in [2.45, 2.75) is 45.1 Å². The fraction of sp³-hybridized carbons (Fsp3) is 0.538. The number of hydrogen-bond acceptors (Lipinski definition) is 3. The summed E-state index contributed by atoms with van der Waals surface area (Å²) in [6, 6.07) is 5.68. The van der Waals surface area contributed by atoms with Gasteiger partial charge in [0.2, 0.25) is 0 Å². The van der Waals surface area contributed by atoms with Gasteiger partial charge in [-0.2, -0.15) is 0 Å². The number of anilines is 1. The van der Waals surface area contributed by atoms with Crippen LogP contribution in [0, 0.1) is 0 Å². The normalized spacial score (nSPS) is 15.5. The molecule has 0 unspecified atom stereocenters. The summed E-state index contributed by atoms with van der Waals surface area (Å²) in [5.41, 5.74) is 0.566. The SMILES string of the molecule is CC(C)(C)OC(=O)Nc1cccc(C2CC2)n1. The average Bonchev–Trinajstić information content (AvgIpc) is 2.97. The summed E-state index contributed by atoms with van der Waals surface area (Å²) < 4.78 is 5.17. The lowest BCUT2D eigenvalue weighted by molar-refractivity contribution is 0.0635. The molecule has 4 nitrogen and oxygen atoms in total. The summed E-state index contributed by atoms with van der Waals surface area (Å²) in [6.07, 6.45) is 1.93. The predicted molar refractivity (Wildman–Crippen MR) is 66.1 cm³/mol. The molecule has 1 amide bonds. The van der Waals surface area contributed by atoms with Crippen molar-refractivity contribution in [2.75, 3.05) is 5.32 Å². The maximum absolute atomic E-state index is 11.6. The number of nitrogens with zero attached hydrogens (tertiary/aromatic N) is 1. The van der Waals surface area contributed by atoms with Gasteiger partial charge in [0, 0.05) is 11.6 Å². The number of hydrogen-bond donors (Lipinski definition) is 1. The zero-order chi connectivity index (χ0) is 12.5. The molecule has 0 spiro atoms. The molecule has 0 aliphatic heterocycles. The van der Waals surface area contributed by atoms with Crippen LogP contribution in [0.4, 0.5) is 10.6 Å². The minimum atomic E-state index is -0.488. The number of nitrogens with one attached hydrogen (secondary N) is 1. The van der Waals surface area contributed by atoms with Crippen LogP contribution in [0.2, 0.25) is 0 Å². The van der Waals surface area contributed by atoms with Crippen molar-refractivity contribution in [2.24, 2.45) is 0 Å². The summed E-state index contributed by atoms with van der Waals surface area (Å²) in [6.45, 7) is 5.50. The summed E-state index contributed by atoms with van der Waals surface area (Å²) in [5.74, 6) is 1.14. The lowest BCUT2D eigenvalue weighted by Gasteiger charge is -2.19. The van der Waals surface area contributed by atoms with E-state index in [4.69, 9.17) is 4.74 Å². The van der Waals surface area contributed by atoms with E-state index >= 15 is 0 Å². The van der Waals surface area contributed by atoms with Gasteiger partial charge in [0.05, 0.1) is 0 Å². The lowest BCUT2D eigenvalue weighted by Crippen LogP contribution is -2.27. The number of carbonyl (C=O) groups excluding carboxylic acids is 1. The number of ether oxygens (including phenoxy) is 1. The third kappa shape index (κ3) is 3.73. The average molecular weight is 234 g/mol. The second kappa shape index (κ2) is 4.35. The number of amides is 1. The first-order valence-electron chi connectivity index (χ1n) is 5.91. The molecule has 92 valence electrons. The molecule has 1 N–H and O–H groups in total. The van der Waals surface area contributed by atoms with Gasteiger partial charge >= 0.3 is 6.09 Å². The van der Waals surface area contributed by atoms with Crippen LogP contribution in [0.1, 0.15) is 45.2 Å². The Labute approximate surface area is 101 Å². The number of rotatable bonds is 2. The molecule has 1 aliphatic carbocycles. The minimum absolute atomic E-state index is 0.460. The van der Waals surface area contributed by atoms with Gasteiger partial charge in [-0.25, -0.2) is 9.78 Å². The monoisotopic (exact) mass is 234 g/mol.